The largest absolute Gasteiger partial charge is 0.384 e. The molecule has 1 fully saturated rings. The molecule has 3 heteroatoms. The van der Waals surface area contributed by atoms with Crippen LogP contribution in [-0.4, -0.2) is 29.4 Å². The fourth-order valence-corrected chi connectivity index (χ4v) is 3.50. The lowest BCUT2D eigenvalue weighted by Gasteiger charge is -2.24. The molecule has 0 saturated carbocycles. The van der Waals surface area contributed by atoms with Crippen LogP contribution in [0, 0.1) is 0 Å². The highest BCUT2D eigenvalue weighted by molar-refractivity contribution is 7.98. The van der Waals surface area contributed by atoms with Crippen LogP contribution in [0.1, 0.15) is 17.5 Å². The second-order valence-electron chi connectivity index (χ2n) is 5.71. The van der Waals surface area contributed by atoms with Gasteiger partial charge in [0.15, 0.2) is 0 Å². The van der Waals surface area contributed by atoms with Crippen LogP contribution in [0.3, 0.4) is 0 Å². The second kappa shape index (κ2) is 6.22. The van der Waals surface area contributed by atoms with Crippen molar-refractivity contribution in [2.24, 2.45) is 0 Å². The van der Waals surface area contributed by atoms with Crippen LogP contribution < -0.4 is 0 Å². The normalized spacial score (nSPS) is 22.6. The van der Waals surface area contributed by atoms with Gasteiger partial charge in [0.05, 0.1) is 0 Å². The summed E-state index contributed by atoms with van der Waals surface area (Å²) < 4.78 is 0. The quantitative estimate of drug-likeness (QED) is 0.874. The molecule has 110 valence electrons. The van der Waals surface area contributed by atoms with Gasteiger partial charge < -0.3 is 5.11 Å². The molecule has 2 nitrogen and oxygen atoms in total. The summed E-state index contributed by atoms with van der Waals surface area (Å²) in [6.45, 7) is 2.55. The fraction of sp³-hybridized carbons (Fsp3) is 0.333. The molecular formula is C18H21NOS. The summed E-state index contributed by atoms with van der Waals surface area (Å²) in [6.07, 6.45) is 2.91. The van der Waals surface area contributed by atoms with E-state index in [0.29, 0.717) is 6.54 Å². The number of aliphatic hydroxyl groups is 1. The molecule has 0 bridgehead atoms. The highest BCUT2D eigenvalue weighted by Crippen LogP contribution is 2.32. The van der Waals surface area contributed by atoms with E-state index in [1.807, 2.05) is 30.3 Å². The van der Waals surface area contributed by atoms with Gasteiger partial charge in [-0.1, -0.05) is 42.5 Å². The molecule has 2 aromatic rings. The molecule has 21 heavy (non-hydrogen) atoms. The average Bonchev–Trinajstić information content (AvgIpc) is 2.91. The van der Waals surface area contributed by atoms with Crippen molar-refractivity contribution in [1.82, 2.24) is 4.90 Å². The van der Waals surface area contributed by atoms with Gasteiger partial charge >= 0.3 is 0 Å². The van der Waals surface area contributed by atoms with Gasteiger partial charge in [-0.15, -0.1) is 11.8 Å². The summed E-state index contributed by atoms with van der Waals surface area (Å²) in [5, 5.41) is 10.9. The van der Waals surface area contributed by atoms with E-state index >= 15 is 0 Å². The van der Waals surface area contributed by atoms with Gasteiger partial charge in [0.2, 0.25) is 0 Å². The Morgan fingerprint density at radius 1 is 1.14 bits per heavy atom. The molecule has 0 amide bonds. The number of β-amino-alcohol motifs (C(OH)–C–C–N with tert-alkyl or cyclic N) is 1. The van der Waals surface area contributed by atoms with E-state index in [0.717, 1.165) is 25.1 Å². The van der Waals surface area contributed by atoms with Crippen molar-refractivity contribution < 1.29 is 5.11 Å². The minimum atomic E-state index is -0.696. The zero-order valence-corrected chi connectivity index (χ0v) is 13.1. The molecule has 2 aromatic carbocycles. The van der Waals surface area contributed by atoms with Gasteiger partial charge in [-0.2, -0.15) is 0 Å². The fourth-order valence-electron chi connectivity index (χ4n) is 3.02. The van der Waals surface area contributed by atoms with Crippen molar-refractivity contribution in [3.05, 3.63) is 65.7 Å². The SMILES string of the molecule is CSc1cccc(CN2CCC(O)(c3ccccc3)C2)c1. The highest BCUT2D eigenvalue weighted by Gasteiger charge is 2.37. The van der Waals surface area contributed by atoms with E-state index in [-0.39, 0.29) is 0 Å². The Balaban J connectivity index is 1.69. The Morgan fingerprint density at radius 3 is 2.71 bits per heavy atom. The Labute approximate surface area is 130 Å². The summed E-state index contributed by atoms with van der Waals surface area (Å²) in [6, 6.07) is 18.7. The first-order valence-electron chi connectivity index (χ1n) is 7.33. The van der Waals surface area contributed by atoms with E-state index in [2.05, 4.69) is 35.4 Å². The standard InChI is InChI=1S/C18H21NOS/c1-21-17-9-5-6-15(12-17)13-19-11-10-18(20,14-19)16-7-3-2-4-8-16/h2-9,12,20H,10-11,13-14H2,1H3. The minimum Gasteiger partial charge on any atom is -0.384 e. The van der Waals surface area contributed by atoms with E-state index in [9.17, 15) is 5.11 Å². The zero-order chi connectivity index (χ0) is 14.7. The Morgan fingerprint density at radius 2 is 1.95 bits per heavy atom. The molecule has 3 rings (SSSR count). The second-order valence-corrected chi connectivity index (χ2v) is 6.59. The van der Waals surface area contributed by atoms with E-state index in [1.165, 1.54) is 10.5 Å². The lowest BCUT2D eigenvalue weighted by Crippen LogP contribution is -2.30. The van der Waals surface area contributed by atoms with Crippen LogP contribution in [0.15, 0.2) is 59.5 Å². The number of hydrogen-bond donors (Lipinski definition) is 1. The lowest BCUT2D eigenvalue weighted by atomic mass is 9.93. The van der Waals surface area contributed by atoms with Gasteiger partial charge in [0, 0.05) is 24.5 Å². The van der Waals surface area contributed by atoms with Crippen molar-refractivity contribution in [1.29, 1.82) is 0 Å². The molecule has 1 aliphatic rings. The topological polar surface area (TPSA) is 23.5 Å². The third kappa shape index (κ3) is 3.31. The van der Waals surface area contributed by atoms with Crippen molar-refractivity contribution >= 4 is 11.8 Å². The number of hydrogen-bond acceptors (Lipinski definition) is 3. The van der Waals surface area contributed by atoms with Gasteiger partial charge in [-0.05, 0) is 35.9 Å². The monoisotopic (exact) mass is 299 g/mol. The molecular weight excluding hydrogens is 278 g/mol. The van der Waals surface area contributed by atoms with Gasteiger partial charge in [0.1, 0.15) is 5.60 Å². The molecule has 1 N–H and O–H groups in total. The highest BCUT2D eigenvalue weighted by atomic mass is 32.2. The Hall–Kier alpha value is -1.29. The summed E-state index contributed by atoms with van der Waals surface area (Å²) in [5.41, 5.74) is 1.66. The predicted octanol–water partition coefficient (Wildman–Crippen LogP) is 3.50. The minimum absolute atomic E-state index is 0.696. The van der Waals surface area contributed by atoms with Crippen LogP contribution >= 0.6 is 11.8 Å². The molecule has 1 heterocycles. The number of nitrogens with zero attached hydrogens (tertiary/aromatic N) is 1. The maximum Gasteiger partial charge on any atom is 0.103 e. The predicted molar refractivity (Wildman–Crippen MR) is 88.5 cm³/mol. The van der Waals surface area contributed by atoms with Crippen LogP contribution in [0.4, 0.5) is 0 Å². The van der Waals surface area contributed by atoms with Gasteiger partial charge in [0.25, 0.3) is 0 Å². The van der Waals surface area contributed by atoms with Crippen LogP contribution in [0.25, 0.3) is 0 Å². The molecule has 0 aliphatic carbocycles. The Kier molecular flexibility index (Phi) is 4.34. The van der Waals surface area contributed by atoms with Crippen molar-refractivity contribution in [2.45, 2.75) is 23.5 Å². The maximum absolute atomic E-state index is 10.9. The molecule has 1 unspecified atom stereocenters. The Bertz CT molecular complexity index is 601. The molecule has 1 aliphatic heterocycles. The first kappa shape index (κ1) is 14.6. The summed E-state index contributed by atoms with van der Waals surface area (Å²) in [7, 11) is 0. The molecule has 1 atom stereocenters. The van der Waals surface area contributed by atoms with E-state index in [4.69, 9.17) is 0 Å². The van der Waals surface area contributed by atoms with Crippen LogP contribution in [-0.2, 0) is 12.1 Å². The van der Waals surface area contributed by atoms with Crippen molar-refractivity contribution in [3.63, 3.8) is 0 Å². The number of likely N-dealkylation sites (tertiary alicyclic amines) is 1. The third-order valence-corrected chi connectivity index (χ3v) is 4.90. The number of rotatable bonds is 4. The number of thioether (sulfide) groups is 1. The smallest absolute Gasteiger partial charge is 0.103 e. The summed E-state index contributed by atoms with van der Waals surface area (Å²) in [5.74, 6) is 0. The first-order valence-corrected chi connectivity index (χ1v) is 8.55. The van der Waals surface area contributed by atoms with E-state index < -0.39 is 5.60 Å². The molecule has 1 saturated heterocycles. The van der Waals surface area contributed by atoms with Gasteiger partial charge in [-0.3, -0.25) is 4.90 Å². The molecule has 0 spiro atoms. The van der Waals surface area contributed by atoms with Crippen LogP contribution in [0.5, 0.6) is 0 Å². The zero-order valence-electron chi connectivity index (χ0n) is 12.3. The third-order valence-electron chi connectivity index (χ3n) is 4.18. The molecule has 0 aromatic heterocycles. The van der Waals surface area contributed by atoms with Crippen molar-refractivity contribution in [3.8, 4) is 0 Å². The maximum atomic E-state index is 10.9. The number of benzene rings is 2. The van der Waals surface area contributed by atoms with Crippen molar-refractivity contribution in [2.75, 3.05) is 19.3 Å². The average molecular weight is 299 g/mol. The lowest BCUT2D eigenvalue weighted by molar-refractivity contribution is 0.0453. The van der Waals surface area contributed by atoms with E-state index in [1.54, 1.807) is 11.8 Å². The molecule has 0 radical (unpaired) electrons. The van der Waals surface area contributed by atoms with Gasteiger partial charge in [-0.25, -0.2) is 0 Å². The van der Waals surface area contributed by atoms with Crippen LogP contribution in [0.2, 0.25) is 0 Å². The first-order chi connectivity index (χ1) is 10.2. The summed E-state index contributed by atoms with van der Waals surface area (Å²) >= 11 is 1.77. The summed E-state index contributed by atoms with van der Waals surface area (Å²) in [4.78, 5) is 3.64.